The number of imidazole rings is 1. The molecule has 0 amide bonds. The van der Waals surface area contributed by atoms with Crippen molar-refractivity contribution in [3.05, 3.63) is 42.5 Å². The summed E-state index contributed by atoms with van der Waals surface area (Å²) in [5.74, 6) is 0.147. The SMILES string of the molecule is FC(F)(F)Oc1ccc(-n2cncc2C2CCNC2)cc1. The fraction of sp³-hybridized carbons (Fsp3) is 0.357. The van der Waals surface area contributed by atoms with Crippen LogP contribution >= 0.6 is 0 Å². The Morgan fingerprint density at radius 3 is 2.62 bits per heavy atom. The van der Waals surface area contributed by atoms with E-state index in [0.29, 0.717) is 5.92 Å². The minimum Gasteiger partial charge on any atom is -0.406 e. The van der Waals surface area contributed by atoms with Crippen LogP contribution in [0.5, 0.6) is 5.75 Å². The third-order valence-electron chi connectivity index (χ3n) is 3.49. The third kappa shape index (κ3) is 3.18. The fourth-order valence-electron chi connectivity index (χ4n) is 2.54. The number of hydrogen-bond donors (Lipinski definition) is 1. The summed E-state index contributed by atoms with van der Waals surface area (Å²) < 4.78 is 42.2. The molecular weight excluding hydrogens is 283 g/mol. The van der Waals surface area contributed by atoms with Crippen LogP contribution in [-0.2, 0) is 0 Å². The van der Waals surface area contributed by atoms with Crippen LogP contribution in [0.2, 0.25) is 0 Å². The summed E-state index contributed by atoms with van der Waals surface area (Å²) in [6, 6.07) is 5.79. The van der Waals surface area contributed by atoms with Gasteiger partial charge in [-0.3, -0.25) is 0 Å². The second-order valence-corrected chi connectivity index (χ2v) is 4.92. The second-order valence-electron chi connectivity index (χ2n) is 4.92. The number of halogens is 3. The molecule has 1 aromatic carbocycles. The van der Waals surface area contributed by atoms with Crippen molar-refractivity contribution in [2.24, 2.45) is 0 Å². The van der Waals surface area contributed by atoms with E-state index in [4.69, 9.17) is 0 Å². The first-order chi connectivity index (χ1) is 10.0. The molecule has 0 spiro atoms. The van der Waals surface area contributed by atoms with Gasteiger partial charge in [0.15, 0.2) is 0 Å². The molecule has 0 bridgehead atoms. The van der Waals surface area contributed by atoms with Gasteiger partial charge in [-0.2, -0.15) is 0 Å². The molecule has 7 heteroatoms. The van der Waals surface area contributed by atoms with E-state index in [-0.39, 0.29) is 5.75 Å². The number of nitrogens with zero attached hydrogens (tertiary/aromatic N) is 2. The molecule has 1 fully saturated rings. The number of benzene rings is 1. The van der Waals surface area contributed by atoms with E-state index in [0.717, 1.165) is 30.9 Å². The standard InChI is InChI=1S/C14H14F3N3O/c15-14(16,17)21-12-3-1-11(2-4-12)20-9-19-8-13(20)10-5-6-18-7-10/h1-4,8-10,18H,5-7H2. The molecule has 0 saturated carbocycles. The Morgan fingerprint density at radius 2 is 2.00 bits per heavy atom. The molecule has 1 N–H and O–H groups in total. The smallest absolute Gasteiger partial charge is 0.406 e. The summed E-state index contributed by atoms with van der Waals surface area (Å²) in [6.45, 7) is 1.86. The number of rotatable bonds is 3. The number of alkyl halides is 3. The van der Waals surface area contributed by atoms with E-state index in [1.54, 1.807) is 24.7 Å². The van der Waals surface area contributed by atoms with Gasteiger partial charge >= 0.3 is 6.36 Å². The highest BCUT2D eigenvalue weighted by Gasteiger charge is 2.31. The third-order valence-corrected chi connectivity index (χ3v) is 3.49. The van der Waals surface area contributed by atoms with Crippen molar-refractivity contribution < 1.29 is 17.9 Å². The lowest BCUT2D eigenvalue weighted by Gasteiger charge is -2.14. The van der Waals surface area contributed by atoms with E-state index in [1.807, 2.05) is 4.57 Å². The van der Waals surface area contributed by atoms with E-state index in [2.05, 4.69) is 15.0 Å². The average Bonchev–Trinajstić information content (AvgIpc) is 3.08. The van der Waals surface area contributed by atoms with Gasteiger partial charge in [-0.25, -0.2) is 4.98 Å². The minimum absolute atomic E-state index is 0.226. The predicted octanol–water partition coefficient (Wildman–Crippen LogP) is 2.85. The molecule has 1 atom stereocenters. The van der Waals surface area contributed by atoms with Gasteiger partial charge < -0.3 is 14.6 Å². The summed E-state index contributed by atoms with van der Waals surface area (Å²) in [5.41, 5.74) is 1.83. The van der Waals surface area contributed by atoms with Crippen LogP contribution in [0.3, 0.4) is 0 Å². The Balaban J connectivity index is 1.83. The Bertz CT molecular complexity index is 601. The number of hydrogen-bond acceptors (Lipinski definition) is 3. The molecule has 0 aliphatic carbocycles. The van der Waals surface area contributed by atoms with Gasteiger partial charge in [0.2, 0.25) is 0 Å². The molecule has 2 heterocycles. The van der Waals surface area contributed by atoms with E-state index in [9.17, 15) is 13.2 Å². The zero-order valence-corrected chi connectivity index (χ0v) is 11.1. The zero-order chi connectivity index (χ0) is 14.9. The van der Waals surface area contributed by atoms with Gasteiger partial charge in [0.1, 0.15) is 5.75 Å². The largest absolute Gasteiger partial charge is 0.573 e. The molecule has 1 aliphatic rings. The second kappa shape index (κ2) is 5.40. The molecule has 3 rings (SSSR count). The van der Waals surface area contributed by atoms with Crippen molar-refractivity contribution in [1.29, 1.82) is 0 Å². The lowest BCUT2D eigenvalue weighted by molar-refractivity contribution is -0.274. The Labute approximate surface area is 119 Å². The highest BCUT2D eigenvalue weighted by molar-refractivity contribution is 5.39. The van der Waals surface area contributed by atoms with E-state index in [1.165, 1.54) is 12.1 Å². The Morgan fingerprint density at radius 1 is 1.24 bits per heavy atom. The maximum absolute atomic E-state index is 12.1. The summed E-state index contributed by atoms with van der Waals surface area (Å²) in [5, 5.41) is 3.29. The first-order valence-corrected chi connectivity index (χ1v) is 6.62. The van der Waals surface area contributed by atoms with Crippen LogP contribution in [0, 0.1) is 0 Å². The summed E-state index contributed by atoms with van der Waals surface area (Å²) in [4.78, 5) is 4.15. The van der Waals surface area contributed by atoms with E-state index < -0.39 is 6.36 Å². The highest BCUT2D eigenvalue weighted by Crippen LogP contribution is 2.27. The zero-order valence-electron chi connectivity index (χ0n) is 11.1. The quantitative estimate of drug-likeness (QED) is 0.947. The molecule has 1 saturated heterocycles. The Kier molecular flexibility index (Phi) is 3.59. The molecule has 4 nitrogen and oxygen atoms in total. The van der Waals surface area contributed by atoms with Crippen molar-refractivity contribution in [2.75, 3.05) is 13.1 Å². The van der Waals surface area contributed by atoms with Crippen LogP contribution in [0.1, 0.15) is 18.0 Å². The summed E-state index contributed by atoms with van der Waals surface area (Å²) in [7, 11) is 0. The molecule has 2 aromatic rings. The van der Waals surface area contributed by atoms with Crippen LogP contribution < -0.4 is 10.1 Å². The number of nitrogens with one attached hydrogen (secondary N) is 1. The molecule has 1 unspecified atom stereocenters. The normalized spacial score (nSPS) is 18.9. The maximum Gasteiger partial charge on any atom is 0.573 e. The van der Waals surface area contributed by atoms with Crippen LogP contribution in [-0.4, -0.2) is 29.0 Å². The molecular formula is C14H14F3N3O. The van der Waals surface area contributed by atoms with Gasteiger partial charge in [-0.15, -0.1) is 13.2 Å². The highest BCUT2D eigenvalue weighted by atomic mass is 19.4. The first kappa shape index (κ1) is 13.9. The first-order valence-electron chi connectivity index (χ1n) is 6.62. The molecule has 112 valence electrons. The maximum atomic E-state index is 12.1. The fourth-order valence-corrected chi connectivity index (χ4v) is 2.54. The van der Waals surface area contributed by atoms with Gasteiger partial charge in [-0.1, -0.05) is 0 Å². The topological polar surface area (TPSA) is 39.1 Å². The predicted molar refractivity (Wildman–Crippen MR) is 70.5 cm³/mol. The summed E-state index contributed by atoms with van der Waals surface area (Å²) in [6.07, 6.45) is -0.163. The van der Waals surface area contributed by atoms with Crippen LogP contribution in [0.15, 0.2) is 36.8 Å². The molecule has 0 radical (unpaired) electrons. The van der Waals surface area contributed by atoms with Crippen LogP contribution in [0.25, 0.3) is 5.69 Å². The van der Waals surface area contributed by atoms with Gasteiger partial charge in [0.25, 0.3) is 0 Å². The van der Waals surface area contributed by atoms with Gasteiger partial charge in [0.05, 0.1) is 6.33 Å². The molecule has 1 aromatic heterocycles. The molecule has 1 aliphatic heterocycles. The minimum atomic E-state index is -4.67. The van der Waals surface area contributed by atoms with Crippen molar-refractivity contribution >= 4 is 0 Å². The van der Waals surface area contributed by atoms with Crippen LogP contribution in [0.4, 0.5) is 13.2 Å². The van der Waals surface area contributed by atoms with Crippen molar-refractivity contribution in [3.63, 3.8) is 0 Å². The number of aromatic nitrogens is 2. The molecule has 21 heavy (non-hydrogen) atoms. The van der Waals surface area contributed by atoms with E-state index >= 15 is 0 Å². The Hall–Kier alpha value is -2.02. The lowest BCUT2D eigenvalue weighted by Crippen LogP contribution is -2.17. The van der Waals surface area contributed by atoms with Gasteiger partial charge in [0, 0.05) is 30.0 Å². The lowest BCUT2D eigenvalue weighted by atomic mass is 10.1. The number of ether oxygens (including phenoxy) is 1. The van der Waals surface area contributed by atoms with Crippen molar-refractivity contribution in [1.82, 2.24) is 14.9 Å². The van der Waals surface area contributed by atoms with Crippen molar-refractivity contribution in [2.45, 2.75) is 18.7 Å². The monoisotopic (exact) mass is 297 g/mol. The average molecular weight is 297 g/mol. The van der Waals surface area contributed by atoms with Gasteiger partial charge in [-0.05, 0) is 37.2 Å². The van der Waals surface area contributed by atoms with Crippen molar-refractivity contribution in [3.8, 4) is 11.4 Å². The summed E-state index contributed by atoms with van der Waals surface area (Å²) >= 11 is 0.